The van der Waals surface area contributed by atoms with Crippen LogP contribution in [0.4, 0.5) is 11.4 Å². The van der Waals surface area contributed by atoms with Crippen LogP contribution in [0.2, 0.25) is 0 Å². The van der Waals surface area contributed by atoms with Gasteiger partial charge in [-0.3, -0.25) is 0 Å². The monoisotopic (exact) mass is 529 g/mol. The molecule has 0 unspecified atom stereocenters. The second kappa shape index (κ2) is 11.0. The van der Waals surface area contributed by atoms with Crippen molar-refractivity contribution in [3.63, 3.8) is 0 Å². The highest BCUT2D eigenvalue weighted by molar-refractivity contribution is 6.62. The molecule has 0 aromatic heterocycles. The molecule has 206 valence electrons. The number of anilines is 2. The SMILES string of the molecule is CC1(C)OB(c2ccc(Nc3ccc(B4OC(C)(C)C(C)(C)O4)cc3)cc2)OC1(C)C.COc1ccccc1. The highest BCUT2D eigenvalue weighted by Gasteiger charge is 2.52. The van der Waals surface area contributed by atoms with Gasteiger partial charge in [-0.05, 0) is 103 Å². The first-order chi connectivity index (χ1) is 18.2. The molecule has 0 bridgehead atoms. The van der Waals surface area contributed by atoms with Crippen molar-refractivity contribution < 1.29 is 23.4 Å². The van der Waals surface area contributed by atoms with Crippen molar-refractivity contribution in [2.45, 2.75) is 77.8 Å². The van der Waals surface area contributed by atoms with E-state index in [-0.39, 0.29) is 36.6 Å². The Bertz CT molecular complexity index is 1120. The molecule has 0 radical (unpaired) electrons. The third kappa shape index (κ3) is 6.52. The van der Waals surface area contributed by atoms with Gasteiger partial charge in [-0.1, -0.05) is 42.5 Å². The second-order valence-corrected chi connectivity index (χ2v) is 12.1. The summed E-state index contributed by atoms with van der Waals surface area (Å²) in [5.41, 5.74) is 2.68. The summed E-state index contributed by atoms with van der Waals surface area (Å²) in [7, 11) is 0.964. The molecule has 0 amide bonds. The maximum Gasteiger partial charge on any atom is 0.494 e. The highest BCUT2D eigenvalue weighted by Crippen LogP contribution is 2.37. The normalized spacial score (nSPS) is 20.2. The fourth-order valence-electron chi connectivity index (χ4n) is 4.13. The predicted octanol–water partition coefficient (Wildman–Crippen LogP) is 5.72. The van der Waals surface area contributed by atoms with Gasteiger partial charge in [0.1, 0.15) is 5.75 Å². The van der Waals surface area contributed by atoms with Crippen LogP contribution in [0.25, 0.3) is 0 Å². The molecule has 0 aliphatic carbocycles. The Labute approximate surface area is 234 Å². The molecule has 2 aliphatic heterocycles. The van der Waals surface area contributed by atoms with E-state index in [1.165, 1.54) is 0 Å². The van der Waals surface area contributed by atoms with Crippen molar-refractivity contribution in [2.24, 2.45) is 0 Å². The lowest BCUT2D eigenvalue weighted by molar-refractivity contribution is 0.00578. The fourth-order valence-corrected chi connectivity index (χ4v) is 4.13. The topological polar surface area (TPSA) is 58.2 Å². The van der Waals surface area contributed by atoms with Crippen molar-refractivity contribution in [1.82, 2.24) is 0 Å². The maximum absolute atomic E-state index is 6.13. The minimum atomic E-state index is -0.349. The first-order valence-electron chi connectivity index (χ1n) is 13.5. The molecule has 0 atom stereocenters. The molecule has 2 fully saturated rings. The van der Waals surface area contributed by atoms with Crippen LogP contribution in [0.5, 0.6) is 5.75 Å². The molecule has 1 N–H and O–H groups in total. The van der Waals surface area contributed by atoms with Gasteiger partial charge >= 0.3 is 14.2 Å². The number of para-hydroxylation sites is 1. The van der Waals surface area contributed by atoms with Gasteiger partial charge in [-0.2, -0.15) is 0 Å². The van der Waals surface area contributed by atoms with E-state index in [1.54, 1.807) is 7.11 Å². The van der Waals surface area contributed by atoms with E-state index in [9.17, 15) is 0 Å². The molecule has 2 heterocycles. The molecule has 8 heteroatoms. The first kappa shape index (κ1) is 29.2. The van der Waals surface area contributed by atoms with Crippen LogP contribution < -0.4 is 21.0 Å². The van der Waals surface area contributed by atoms with E-state index in [2.05, 4.69) is 60.7 Å². The van der Waals surface area contributed by atoms with Gasteiger partial charge < -0.3 is 28.7 Å². The lowest BCUT2D eigenvalue weighted by Crippen LogP contribution is -2.41. The first-order valence-corrected chi connectivity index (χ1v) is 13.5. The van der Waals surface area contributed by atoms with E-state index in [0.29, 0.717) is 0 Å². The average molecular weight is 529 g/mol. The van der Waals surface area contributed by atoms with E-state index in [1.807, 2.05) is 78.9 Å². The summed E-state index contributed by atoms with van der Waals surface area (Å²) in [6, 6.07) is 26.0. The predicted molar refractivity (Wildman–Crippen MR) is 161 cm³/mol. The summed E-state index contributed by atoms with van der Waals surface area (Å²) in [5.74, 6) is 0.910. The summed E-state index contributed by atoms with van der Waals surface area (Å²) in [6.45, 7) is 16.5. The van der Waals surface area contributed by atoms with Gasteiger partial charge in [0.25, 0.3) is 0 Å². The van der Waals surface area contributed by atoms with Crippen LogP contribution in [0.3, 0.4) is 0 Å². The Balaban J connectivity index is 0.000000379. The van der Waals surface area contributed by atoms with E-state index < -0.39 is 0 Å². The molecule has 3 aromatic carbocycles. The maximum atomic E-state index is 6.13. The Morgan fingerprint density at radius 3 is 1.13 bits per heavy atom. The second-order valence-electron chi connectivity index (χ2n) is 12.1. The summed E-state index contributed by atoms with van der Waals surface area (Å²) in [5, 5.41) is 3.44. The molecule has 5 rings (SSSR count). The molecule has 3 aromatic rings. The van der Waals surface area contributed by atoms with Crippen LogP contribution in [-0.4, -0.2) is 43.8 Å². The minimum Gasteiger partial charge on any atom is -0.497 e. The zero-order valence-corrected chi connectivity index (χ0v) is 24.7. The number of nitrogens with one attached hydrogen (secondary N) is 1. The Hall–Kier alpha value is -2.77. The largest absolute Gasteiger partial charge is 0.497 e. The summed E-state index contributed by atoms with van der Waals surface area (Å²) in [6.07, 6.45) is 0. The highest BCUT2D eigenvalue weighted by atomic mass is 16.7. The van der Waals surface area contributed by atoms with E-state index >= 15 is 0 Å². The van der Waals surface area contributed by atoms with Crippen molar-refractivity contribution in [3.8, 4) is 5.75 Å². The molecule has 6 nitrogen and oxygen atoms in total. The summed E-state index contributed by atoms with van der Waals surface area (Å²) in [4.78, 5) is 0. The minimum absolute atomic E-state index is 0.340. The van der Waals surface area contributed by atoms with Crippen molar-refractivity contribution in [2.75, 3.05) is 12.4 Å². The van der Waals surface area contributed by atoms with Gasteiger partial charge in [-0.15, -0.1) is 0 Å². The lowest BCUT2D eigenvalue weighted by Gasteiger charge is -2.32. The van der Waals surface area contributed by atoms with E-state index in [4.69, 9.17) is 23.4 Å². The average Bonchev–Trinajstić information content (AvgIpc) is 3.25. The zero-order chi connectivity index (χ0) is 28.5. The molecule has 39 heavy (non-hydrogen) atoms. The van der Waals surface area contributed by atoms with Crippen LogP contribution in [0.1, 0.15) is 55.4 Å². The Morgan fingerprint density at radius 1 is 0.513 bits per heavy atom. The van der Waals surface area contributed by atoms with Crippen LogP contribution in [0, 0.1) is 0 Å². The number of methoxy groups -OCH3 is 1. The molecular formula is C31H41B2NO5. The molecular weight excluding hydrogens is 488 g/mol. The van der Waals surface area contributed by atoms with Gasteiger partial charge in [0.15, 0.2) is 0 Å². The van der Waals surface area contributed by atoms with Crippen molar-refractivity contribution in [3.05, 3.63) is 78.9 Å². The number of benzene rings is 3. The number of hydrogen-bond donors (Lipinski definition) is 1. The van der Waals surface area contributed by atoms with Gasteiger partial charge in [0.05, 0.1) is 29.5 Å². The van der Waals surface area contributed by atoms with Crippen molar-refractivity contribution in [1.29, 1.82) is 0 Å². The zero-order valence-electron chi connectivity index (χ0n) is 24.7. The summed E-state index contributed by atoms with van der Waals surface area (Å²) < 4.78 is 29.4. The summed E-state index contributed by atoms with van der Waals surface area (Å²) >= 11 is 0. The lowest BCUT2D eigenvalue weighted by atomic mass is 9.79. The van der Waals surface area contributed by atoms with Gasteiger partial charge in [-0.25, -0.2) is 0 Å². The van der Waals surface area contributed by atoms with Gasteiger partial charge in [0, 0.05) is 11.4 Å². The number of ether oxygens (including phenoxy) is 1. The van der Waals surface area contributed by atoms with Crippen LogP contribution in [0.15, 0.2) is 78.9 Å². The standard InChI is InChI=1S/C24H33B2NO4.C7H8O/c1-21(2)22(3,4)29-25(28-21)17-9-13-19(14-10-17)27-20-15-11-18(12-16-20)26-30-23(5,6)24(7,8)31-26;1-8-7-5-3-2-4-6-7/h9-16,27H,1-8H3;2-6H,1H3. The Kier molecular flexibility index (Phi) is 8.25. The van der Waals surface area contributed by atoms with Crippen molar-refractivity contribution >= 4 is 36.5 Å². The third-order valence-corrected chi connectivity index (χ3v) is 8.14. The molecule has 0 spiro atoms. The number of rotatable bonds is 5. The Morgan fingerprint density at radius 2 is 0.846 bits per heavy atom. The quantitative estimate of drug-likeness (QED) is 0.427. The van der Waals surface area contributed by atoms with E-state index in [0.717, 1.165) is 28.0 Å². The van der Waals surface area contributed by atoms with Crippen LogP contribution in [-0.2, 0) is 18.6 Å². The molecule has 0 saturated carbocycles. The smallest absolute Gasteiger partial charge is 0.494 e. The number of hydrogen-bond acceptors (Lipinski definition) is 6. The molecule has 2 saturated heterocycles. The van der Waals surface area contributed by atoms with Gasteiger partial charge in [0.2, 0.25) is 0 Å². The van der Waals surface area contributed by atoms with Crippen LogP contribution >= 0.6 is 0 Å². The molecule has 2 aliphatic rings. The fraction of sp³-hybridized carbons (Fsp3) is 0.419. The third-order valence-electron chi connectivity index (χ3n) is 8.14.